The number of aryl methyl sites for hydroxylation is 1. The molecule has 0 bridgehead atoms. The predicted molar refractivity (Wildman–Crippen MR) is 86.2 cm³/mol. The van der Waals surface area contributed by atoms with Crippen molar-refractivity contribution in [2.24, 2.45) is 0 Å². The molecule has 0 heterocycles. The molecule has 0 aliphatic rings. The van der Waals surface area contributed by atoms with Gasteiger partial charge in [-0.25, -0.2) is 13.1 Å². The van der Waals surface area contributed by atoms with Gasteiger partial charge in [0, 0.05) is 11.4 Å². The topological polar surface area (TPSA) is 84.2 Å². The molecule has 0 saturated heterocycles. The summed E-state index contributed by atoms with van der Waals surface area (Å²) in [6.45, 7) is 2.10. The van der Waals surface area contributed by atoms with E-state index in [-0.39, 0.29) is 10.6 Å². The number of nitrogens with two attached hydrogens (primary N) is 1. The van der Waals surface area contributed by atoms with Crippen LogP contribution in [-0.4, -0.2) is 15.5 Å². The van der Waals surface area contributed by atoms with Crippen LogP contribution in [-0.2, 0) is 16.4 Å². The summed E-state index contributed by atoms with van der Waals surface area (Å²) in [5.41, 5.74) is 8.96. The quantitative estimate of drug-likeness (QED) is 0.741. The maximum Gasteiger partial charge on any atom is 0.242 e. The largest absolute Gasteiger partial charge is 0.398 e. The third-order valence-electron chi connectivity index (χ3n) is 3.22. The highest BCUT2D eigenvalue weighted by atomic mass is 32.2. The summed E-state index contributed by atoms with van der Waals surface area (Å²) in [6, 6.07) is 12.8. The van der Waals surface area contributed by atoms with E-state index in [2.05, 4.69) is 17.0 Å². The summed E-state index contributed by atoms with van der Waals surface area (Å²) < 4.78 is 25.8. The molecule has 0 unspecified atom stereocenters. The highest BCUT2D eigenvalue weighted by Crippen LogP contribution is 2.24. The van der Waals surface area contributed by atoms with E-state index in [1.54, 1.807) is 12.1 Å². The average molecular weight is 305 g/mol. The van der Waals surface area contributed by atoms with Gasteiger partial charge in [0.05, 0.1) is 5.69 Å². The monoisotopic (exact) mass is 305 g/mol. The molecule has 0 radical (unpaired) electrons. The van der Waals surface area contributed by atoms with Crippen molar-refractivity contribution < 1.29 is 8.42 Å². The summed E-state index contributed by atoms with van der Waals surface area (Å²) >= 11 is 0. The Balaban J connectivity index is 2.24. The summed E-state index contributed by atoms with van der Waals surface area (Å²) in [5, 5.41) is 3.20. The number of rotatable bonds is 5. The fourth-order valence-corrected chi connectivity index (χ4v) is 2.81. The van der Waals surface area contributed by atoms with Crippen LogP contribution in [0.2, 0.25) is 0 Å². The first kappa shape index (κ1) is 15.3. The fourth-order valence-electron chi connectivity index (χ4n) is 1.97. The third-order valence-corrected chi connectivity index (χ3v) is 4.71. The molecule has 6 heteroatoms. The van der Waals surface area contributed by atoms with Crippen LogP contribution in [0.15, 0.2) is 47.4 Å². The average Bonchev–Trinajstić information content (AvgIpc) is 2.48. The van der Waals surface area contributed by atoms with Gasteiger partial charge in [-0.1, -0.05) is 19.1 Å². The number of sulfonamides is 1. The Labute approximate surface area is 125 Å². The minimum atomic E-state index is -3.53. The molecule has 0 saturated carbocycles. The Kier molecular flexibility index (Phi) is 4.50. The van der Waals surface area contributed by atoms with Crippen molar-refractivity contribution in [3.05, 3.63) is 48.0 Å². The zero-order chi connectivity index (χ0) is 15.5. The van der Waals surface area contributed by atoms with E-state index in [0.717, 1.165) is 17.8 Å². The van der Waals surface area contributed by atoms with Crippen LogP contribution in [0.3, 0.4) is 0 Å². The SMILES string of the molecule is CCc1ccc(Nc2ccc(S(=O)(=O)NC)c(N)c2)cc1. The number of nitrogen functional groups attached to an aromatic ring is 1. The number of benzene rings is 2. The Morgan fingerprint density at radius 1 is 1.05 bits per heavy atom. The third kappa shape index (κ3) is 3.53. The molecule has 2 rings (SSSR count). The molecule has 4 N–H and O–H groups in total. The van der Waals surface area contributed by atoms with E-state index < -0.39 is 10.0 Å². The molecular formula is C15H19N3O2S. The first-order valence-corrected chi connectivity index (χ1v) is 8.13. The Hall–Kier alpha value is -2.05. The van der Waals surface area contributed by atoms with E-state index in [9.17, 15) is 8.42 Å². The zero-order valence-corrected chi connectivity index (χ0v) is 12.9. The molecule has 112 valence electrons. The van der Waals surface area contributed by atoms with E-state index in [1.165, 1.54) is 18.7 Å². The highest BCUT2D eigenvalue weighted by molar-refractivity contribution is 7.89. The fraction of sp³-hybridized carbons (Fsp3) is 0.200. The lowest BCUT2D eigenvalue weighted by Gasteiger charge is -2.11. The van der Waals surface area contributed by atoms with E-state index in [0.29, 0.717) is 0 Å². The van der Waals surface area contributed by atoms with Gasteiger partial charge in [-0.2, -0.15) is 0 Å². The molecular weight excluding hydrogens is 286 g/mol. The summed E-state index contributed by atoms with van der Waals surface area (Å²) in [4.78, 5) is 0.0804. The molecule has 0 atom stereocenters. The molecule has 21 heavy (non-hydrogen) atoms. The second-order valence-corrected chi connectivity index (χ2v) is 6.49. The number of hydrogen-bond acceptors (Lipinski definition) is 4. The molecule has 5 nitrogen and oxygen atoms in total. The van der Waals surface area contributed by atoms with Gasteiger partial charge in [0.15, 0.2) is 0 Å². The van der Waals surface area contributed by atoms with Crippen molar-refractivity contribution in [1.29, 1.82) is 0 Å². The van der Waals surface area contributed by atoms with E-state index >= 15 is 0 Å². The summed E-state index contributed by atoms with van der Waals surface area (Å²) in [7, 11) is -2.17. The van der Waals surface area contributed by atoms with Crippen molar-refractivity contribution in [1.82, 2.24) is 4.72 Å². The number of nitrogens with one attached hydrogen (secondary N) is 2. The standard InChI is InChI=1S/C15H19N3O2S/c1-3-11-4-6-12(7-5-11)18-13-8-9-15(14(16)10-13)21(19,20)17-2/h4-10,17-18H,3,16H2,1-2H3. The van der Waals surface area contributed by atoms with Gasteiger partial charge in [-0.15, -0.1) is 0 Å². The van der Waals surface area contributed by atoms with Crippen LogP contribution in [0, 0.1) is 0 Å². The normalized spacial score (nSPS) is 11.3. The maximum absolute atomic E-state index is 11.8. The van der Waals surface area contributed by atoms with Gasteiger partial charge in [-0.3, -0.25) is 0 Å². The smallest absolute Gasteiger partial charge is 0.242 e. The van der Waals surface area contributed by atoms with Gasteiger partial charge in [0.25, 0.3) is 0 Å². The summed E-state index contributed by atoms with van der Waals surface area (Å²) in [6.07, 6.45) is 0.990. The Morgan fingerprint density at radius 2 is 1.67 bits per heavy atom. The number of anilines is 3. The van der Waals surface area contributed by atoms with Crippen molar-refractivity contribution in [3.63, 3.8) is 0 Å². The van der Waals surface area contributed by atoms with E-state index in [1.807, 2.05) is 24.3 Å². The first-order chi connectivity index (χ1) is 9.96. The molecule has 2 aromatic carbocycles. The van der Waals surface area contributed by atoms with Crippen LogP contribution in [0.5, 0.6) is 0 Å². The van der Waals surface area contributed by atoms with Crippen LogP contribution in [0.1, 0.15) is 12.5 Å². The van der Waals surface area contributed by atoms with Crippen molar-refractivity contribution in [2.45, 2.75) is 18.2 Å². The second kappa shape index (κ2) is 6.15. The van der Waals surface area contributed by atoms with Gasteiger partial charge in [0.2, 0.25) is 10.0 Å². The van der Waals surface area contributed by atoms with Gasteiger partial charge in [0.1, 0.15) is 4.90 Å². The first-order valence-electron chi connectivity index (χ1n) is 6.65. The van der Waals surface area contributed by atoms with Gasteiger partial charge >= 0.3 is 0 Å². The highest BCUT2D eigenvalue weighted by Gasteiger charge is 2.15. The molecule has 0 aromatic heterocycles. The molecule has 0 aliphatic carbocycles. The Morgan fingerprint density at radius 3 is 2.19 bits per heavy atom. The van der Waals surface area contributed by atoms with Crippen LogP contribution in [0.25, 0.3) is 0 Å². The van der Waals surface area contributed by atoms with Crippen molar-refractivity contribution in [3.8, 4) is 0 Å². The minimum absolute atomic E-state index is 0.0804. The minimum Gasteiger partial charge on any atom is -0.398 e. The summed E-state index contributed by atoms with van der Waals surface area (Å²) in [5.74, 6) is 0. The van der Waals surface area contributed by atoms with Crippen molar-refractivity contribution >= 4 is 27.1 Å². The maximum atomic E-state index is 11.8. The molecule has 0 fully saturated rings. The van der Waals surface area contributed by atoms with Crippen LogP contribution >= 0.6 is 0 Å². The van der Waals surface area contributed by atoms with Crippen LogP contribution in [0.4, 0.5) is 17.1 Å². The van der Waals surface area contributed by atoms with Gasteiger partial charge in [-0.05, 0) is 49.4 Å². The van der Waals surface area contributed by atoms with Crippen LogP contribution < -0.4 is 15.8 Å². The lowest BCUT2D eigenvalue weighted by Crippen LogP contribution is -2.19. The molecule has 0 spiro atoms. The van der Waals surface area contributed by atoms with Gasteiger partial charge < -0.3 is 11.1 Å². The van der Waals surface area contributed by atoms with E-state index in [4.69, 9.17) is 5.73 Å². The molecule has 2 aromatic rings. The number of hydrogen-bond donors (Lipinski definition) is 3. The predicted octanol–water partition coefficient (Wildman–Crippen LogP) is 2.48. The Bertz CT molecular complexity index is 725. The van der Waals surface area contributed by atoms with Crippen molar-refractivity contribution in [2.75, 3.05) is 18.1 Å². The lowest BCUT2D eigenvalue weighted by molar-refractivity contribution is 0.588. The molecule has 0 amide bonds. The second-order valence-electron chi connectivity index (χ2n) is 4.64. The molecule has 0 aliphatic heterocycles. The lowest BCUT2D eigenvalue weighted by atomic mass is 10.1. The zero-order valence-electron chi connectivity index (χ0n) is 12.1.